The molecule has 0 radical (unpaired) electrons. The van der Waals surface area contributed by atoms with Gasteiger partial charge < -0.3 is 5.11 Å². The lowest BCUT2D eigenvalue weighted by Gasteiger charge is -2.03. The van der Waals surface area contributed by atoms with Gasteiger partial charge in [0.2, 0.25) is 0 Å². The highest BCUT2D eigenvalue weighted by Crippen LogP contribution is 2.16. The van der Waals surface area contributed by atoms with Crippen molar-refractivity contribution in [3.8, 4) is 0 Å². The molecule has 0 amide bonds. The lowest BCUT2D eigenvalue weighted by molar-refractivity contribution is 0.337. The molecule has 0 bridgehead atoms. The summed E-state index contributed by atoms with van der Waals surface area (Å²) in [6.07, 6.45) is 13.4. The predicted molar refractivity (Wildman–Crippen MR) is 100 cm³/mol. The summed E-state index contributed by atoms with van der Waals surface area (Å²) in [5.74, 6) is 0. The summed E-state index contributed by atoms with van der Waals surface area (Å²) in [5, 5.41) is 9.54. The average molecular weight is 325 g/mol. The van der Waals surface area contributed by atoms with Crippen LogP contribution in [0.5, 0.6) is 0 Å². The Hall–Kier alpha value is -0.790. The van der Waals surface area contributed by atoms with Gasteiger partial charge in [0, 0.05) is 5.03 Å². The fourth-order valence-electron chi connectivity index (χ4n) is 2.14. The van der Waals surface area contributed by atoms with Crippen LogP contribution in [0.4, 0.5) is 0 Å². The van der Waals surface area contributed by atoms with Crippen molar-refractivity contribution in [1.29, 1.82) is 0 Å². The van der Waals surface area contributed by atoms with E-state index in [2.05, 4.69) is 45.9 Å². The van der Waals surface area contributed by atoms with Crippen LogP contribution < -0.4 is 0 Å². The van der Waals surface area contributed by atoms with Crippen LogP contribution in [0.25, 0.3) is 0 Å². The fourth-order valence-corrected chi connectivity index (χ4v) is 2.24. The van der Waals surface area contributed by atoms with Gasteiger partial charge in [-0.2, -0.15) is 0 Å². The maximum Gasteiger partial charge on any atom is 0.0787 e. The van der Waals surface area contributed by atoms with Crippen LogP contribution in [0, 0.1) is 0 Å². The lowest BCUT2D eigenvalue weighted by Crippen LogP contribution is -1.88. The van der Waals surface area contributed by atoms with Crippen molar-refractivity contribution in [2.75, 3.05) is 6.61 Å². The number of halogens is 1. The smallest absolute Gasteiger partial charge is 0.0787 e. The average Bonchev–Trinajstić information content (AvgIpc) is 2.45. The molecule has 0 aromatic carbocycles. The van der Waals surface area contributed by atoms with Gasteiger partial charge >= 0.3 is 0 Å². The molecule has 0 fully saturated rings. The molecule has 0 aliphatic rings. The van der Waals surface area contributed by atoms with Gasteiger partial charge in [0.25, 0.3) is 0 Å². The van der Waals surface area contributed by atoms with Crippen LogP contribution in [-0.4, -0.2) is 11.7 Å². The second-order valence-electron chi connectivity index (χ2n) is 6.34. The van der Waals surface area contributed by atoms with Crippen molar-refractivity contribution < 1.29 is 5.11 Å². The molecule has 0 rings (SSSR count). The van der Waals surface area contributed by atoms with Crippen molar-refractivity contribution in [3.63, 3.8) is 0 Å². The van der Waals surface area contributed by atoms with Crippen molar-refractivity contribution >= 4 is 11.6 Å². The Labute approximate surface area is 142 Å². The number of rotatable bonds is 10. The Morgan fingerprint density at radius 1 is 0.773 bits per heavy atom. The molecule has 0 heterocycles. The number of hydrogen-bond acceptors (Lipinski definition) is 1. The Morgan fingerprint density at radius 3 is 1.68 bits per heavy atom. The summed E-state index contributed by atoms with van der Waals surface area (Å²) in [4.78, 5) is 0. The van der Waals surface area contributed by atoms with Gasteiger partial charge in [-0.05, 0) is 73.1 Å². The van der Waals surface area contributed by atoms with E-state index in [1.165, 1.54) is 16.7 Å². The van der Waals surface area contributed by atoms with Gasteiger partial charge in [-0.1, -0.05) is 52.1 Å². The minimum atomic E-state index is -0.0487. The van der Waals surface area contributed by atoms with Gasteiger partial charge in [0.15, 0.2) is 0 Å². The van der Waals surface area contributed by atoms with E-state index in [-0.39, 0.29) is 6.61 Å². The molecule has 0 aromatic heterocycles. The topological polar surface area (TPSA) is 20.2 Å². The number of aliphatic hydroxyl groups excluding tert-OH is 1. The van der Waals surface area contributed by atoms with E-state index in [4.69, 9.17) is 16.7 Å². The summed E-state index contributed by atoms with van der Waals surface area (Å²) in [6, 6.07) is 0. The first-order chi connectivity index (χ1) is 10.4. The first-order valence-electron chi connectivity index (χ1n) is 8.26. The van der Waals surface area contributed by atoms with Gasteiger partial charge in [0.1, 0.15) is 0 Å². The molecule has 0 spiro atoms. The third kappa shape index (κ3) is 11.8. The molecule has 22 heavy (non-hydrogen) atoms. The fraction of sp³-hybridized carbons (Fsp3) is 0.600. The monoisotopic (exact) mass is 324 g/mol. The van der Waals surface area contributed by atoms with E-state index in [0.29, 0.717) is 5.03 Å². The predicted octanol–water partition coefficient (Wildman–Crippen LogP) is 6.69. The van der Waals surface area contributed by atoms with E-state index >= 15 is 0 Å². The van der Waals surface area contributed by atoms with E-state index in [9.17, 15) is 0 Å². The zero-order valence-electron chi connectivity index (χ0n) is 15.0. The Balaban J connectivity index is 4.04. The van der Waals surface area contributed by atoms with Gasteiger partial charge in [-0.15, -0.1) is 0 Å². The Morgan fingerprint density at radius 2 is 1.23 bits per heavy atom. The SMILES string of the molecule is CC(C)=CCC/C(C)=C/CC/C(C)=C/CC/C(C)=C(/Cl)CO. The minimum absolute atomic E-state index is 0.0487. The first kappa shape index (κ1) is 21.2. The summed E-state index contributed by atoms with van der Waals surface area (Å²) < 4.78 is 0. The highest BCUT2D eigenvalue weighted by atomic mass is 35.5. The third-order valence-electron chi connectivity index (χ3n) is 3.74. The second-order valence-corrected chi connectivity index (χ2v) is 6.80. The molecule has 0 aliphatic carbocycles. The zero-order chi connectivity index (χ0) is 17.0. The minimum Gasteiger partial charge on any atom is -0.391 e. The van der Waals surface area contributed by atoms with E-state index in [1.807, 2.05) is 6.92 Å². The van der Waals surface area contributed by atoms with Gasteiger partial charge in [-0.3, -0.25) is 0 Å². The number of hydrogen-bond donors (Lipinski definition) is 1. The third-order valence-corrected chi connectivity index (χ3v) is 4.18. The molecule has 2 heteroatoms. The van der Waals surface area contributed by atoms with Crippen LogP contribution in [0.15, 0.2) is 45.6 Å². The standard InChI is InChI=1S/C20H33ClO/c1-16(2)9-6-10-17(3)11-7-12-18(4)13-8-14-19(5)20(21)15-22/h9,11,13,22H,6-8,10,12,14-15H2,1-5H3/b17-11+,18-13+,20-19+. The van der Waals surface area contributed by atoms with Crippen molar-refractivity contribution in [2.24, 2.45) is 0 Å². The Bertz CT molecular complexity index is 435. The maximum atomic E-state index is 8.96. The molecule has 0 saturated carbocycles. The zero-order valence-corrected chi connectivity index (χ0v) is 15.8. The van der Waals surface area contributed by atoms with E-state index in [0.717, 1.165) is 44.1 Å². The van der Waals surface area contributed by atoms with Crippen molar-refractivity contribution in [2.45, 2.75) is 73.1 Å². The molecule has 0 saturated heterocycles. The lowest BCUT2D eigenvalue weighted by atomic mass is 10.0. The van der Waals surface area contributed by atoms with Crippen LogP contribution in [0.2, 0.25) is 0 Å². The molecular weight excluding hydrogens is 292 g/mol. The molecule has 126 valence electrons. The molecule has 0 unspecified atom stereocenters. The Kier molecular flexibility index (Phi) is 12.3. The normalized spacial score (nSPS) is 14.0. The molecule has 1 N–H and O–H groups in total. The van der Waals surface area contributed by atoms with Crippen molar-refractivity contribution in [3.05, 3.63) is 45.6 Å². The van der Waals surface area contributed by atoms with Crippen LogP contribution >= 0.6 is 11.6 Å². The number of allylic oxidation sites excluding steroid dienone is 7. The molecular formula is C20H33ClO. The quantitative estimate of drug-likeness (QED) is 0.444. The van der Waals surface area contributed by atoms with Crippen LogP contribution in [0.3, 0.4) is 0 Å². The van der Waals surface area contributed by atoms with Crippen LogP contribution in [0.1, 0.15) is 73.1 Å². The molecule has 0 aromatic rings. The van der Waals surface area contributed by atoms with Gasteiger partial charge in [-0.25, -0.2) is 0 Å². The molecule has 1 nitrogen and oxygen atoms in total. The summed E-state index contributed by atoms with van der Waals surface area (Å²) >= 11 is 5.91. The van der Waals surface area contributed by atoms with Crippen molar-refractivity contribution in [1.82, 2.24) is 0 Å². The highest BCUT2D eigenvalue weighted by Gasteiger charge is 1.97. The molecule has 0 atom stereocenters. The van der Waals surface area contributed by atoms with E-state index in [1.54, 1.807) is 0 Å². The maximum absolute atomic E-state index is 8.96. The summed E-state index contributed by atoms with van der Waals surface area (Å²) in [7, 11) is 0. The highest BCUT2D eigenvalue weighted by molar-refractivity contribution is 6.30. The van der Waals surface area contributed by atoms with E-state index < -0.39 is 0 Å². The first-order valence-corrected chi connectivity index (χ1v) is 8.64. The van der Waals surface area contributed by atoms with Crippen LogP contribution in [-0.2, 0) is 0 Å². The second kappa shape index (κ2) is 12.7. The summed E-state index contributed by atoms with van der Waals surface area (Å²) in [5.41, 5.74) is 5.40. The van der Waals surface area contributed by atoms with Gasteiger partial charge in [0.05, 0.1) is 6.61 Å². The summed E-state index contributed by atoms with van der Waals surface area (Å²) in [6.45, 7) is 10.7. The molecule has 0 aliphatic heterocycles. The number of aliphatic hydroxyl groups is 1. The largest absolute Gasteiger partial charge is 0.391 e.